The van der Waals surface area contributed by atoms with E-state index >= 15 is 0 Å². The lowest BCUT2D eigenvalue weighted by molar-refractivity contribution is 0.768. The zero-order valence-corrected chi connectivity index (χ0v) is 9.23. The van der Waals surface area contributed by atoms with Gasteiger partial charge in [-0.25, -0.2) is 4.98 Å². The number of aromatic nitrogens is 4. The normalized spacial score (nSPS) is 11.1. The van der Waals surface area contributed by atoms with Crippen LogP contribution in [-0.2, 0) is 7.05 Å². The molecule has 0 bridgehead atoms. The molecule has 0 saturated carbocycles. The van der Waals surface area contributed by atoms with E-state index in [4.69, 9.17) is 0 Å². The van der Waals surface area contributed by atoms with Gasteiger partial charge in [-0.05, 0) is 24.6 Å². The first-order chi connectivity index (χ1) is 7.75. The molecule has 1 N–H and O–H groups in total. The minimum absolute atomic E-state index is 0.929. The number of rotatable bonds is 1. The highest BCUT2D eigenvalue weighted by atomic mass is 15.2. The standard InChI is InChI=1S/C12H12N4/c1-8-10-4-3-5-13-12(10)15-11(8)9-6-14-16(2)7-9/h3-7H,1-2H3,(H,13,15). The molecule has 3 aromatic heterocycles. The van der Waals surface area contributed by atoms with Gasteiger partial charge in [-0.3, -0.25) is 4.68 Å². The van der Waals surface area contributed by atoms with Crippen LogP contribution in [0.3, 0.4) is 0 Å². The summed E-state index contributed by atoms with van der Waals surface area (Å²) in [5.74, 6) is 0. The maximum absolute atomic E-state index is 4.31. The Kier molecular flexibility index (Phi) is 1.83. The van der Waals surface area contributed by atoms with Crippen molar-refractivity contribution in [3.05, 3.63) is 36.3 Å². The van der Waals surface area contributed by atoms with E-state index in [0.717, 1.165) is 16.9 Å². The molecule has 3 rings (SSSR count). The van der Waals surface area contributed by atoms with Crippen molar-refractivity contribution in [3.63, 3.8) is 0 Å². The average Bonchev–Trinajstić information content (AvgIpc) is 2.84. The van der Waals surface area contributed by atoms with E-state index in [2.05, 4.69) is 28.1 Å². The molecule has 0 aromatic carbocycles. The number of nitrogens with one attached hydrogen (secondary N) is 1. The average molecular weight is 212 g/mol. The highest BCUT2D eigenvalue weighted by Crippen LogP contribution is 2.27. The number of aromatic amines is 1. The van der Waals surface area contributed by atoms with Crippen LogP contribution in [0, 0.1) is 6.92 Å². The zero-order valence-electron chi connectivity index (χ0n) is 9.23. The Hall–Kier alpha value is -2.10. The number of H-pyrrole nitrogens is 1. The van der Waals surface area contributed by atoms with Crippen molar-refractivity contribution >= 4 is 11.0 Å². The van der Waals surface area contributed by atoms with E-state index in [1.807, 2.05) is 25.5 Å². The third kappa shape index (κ3) is 1.23. The molecule has 3 heterocycles. The number of nitrogens with zero attached hydrogens (tertiary/aromatic N) is 3. The van der Waals surface area contributed by atoms with Gasteiger partial charge >= 0.3 is 0 Å². The summed E-state index contributed by atoms with van der Waals surface area (Å²) < 4.78 is 1.80. The van der Waals surface area contributed by atoms with Crippen molar-refractivity contribution in [3.8, 4) is 11.3 Å². The number of fused-ring (bicyclic) bond motifs is 1. The van der Waals surface area contributed by atoms with Crippen LogP contribution in [0.5, 0.6) is 0 Å². The lowest BCUT2D eigenvalue weighted by Gasteiger charge is -1.93. The molecule has 0 saturated heterocycles. The predicted octanol–water partition coefficient (Wildman–Crippen LogP) is 2.27. The molecule has 0 unspecified atom stereocenters. The van der Waals surface area contributed by atoms with Gasteiger partial charge in [0.15, 0.2) is 0 Å². The fourth-order valence-corrected chi connectivity index (χ4v) is 1.99. The van der Waals surface area contributed by atoms with Crippen LogP contribution in [0.25, 0.3) is 22.3 Å². The summed E-state index contributed by atoms with van der Waals surface area (Å²) in [5, 5.41) is 5.35. The van der Waals surface area contributed by atoms with Crippen molar-refractivity contribution in [2.24, 2.45) is 7.05 Å². The smallest absolute Gasteiger partial charge is 0.137 e. The van der Waals surface area contributed by atoms with Crippen LogP contribution in [-0.4, -0.2) is 19.7 Å². The lowest BCUT2D eigenvalue weighted by atomic mass is 10.1. The Morgan fingerprint density at radius 2 is 2.25 bits per heavy atom. The largest absolute Gasteiger partial charge is 0.339 e. The van der Waals surface area contributed by atoms with Crippen LogP contribution in [0.4, 0.5) is 0 Å². The van der Waals surface area contributed by atoms with Crippen LogP contribution in [0.2, 0.25) is 0 Å². The topological polar surface area (TPSA) is 46.5 Å². The first-order valence-corrected chi connectivity index (χ1v) is 5.18. The summed E-state index contributed by atoms with van der Waals surface area (Å²) in [5.41, 5.74) is 4.34. The molecular weight excluding hydrogens is 200 g/mol. The Labute approximate surface area is 92.9 Å². The Morgan fingerprint density at radius 3 is 2.94 bits per heavy atom. The highest BCUT2D eigenvalue weighted by molar-refractivity contribution is 5.87. The molecule has 0 aliphatic heterocycles. The predicted molar refractivity (Wildman–Crippen MR) is 63.0 cm³/mol. The second-order valence-electron chi connectivity index (χ2n) is 3.93. The van der Waals surface area contributed by atoms with Crippen molar-refractivity contribution in [2.75, 3.05) is 0 Å². The summed E-state index contributed by atoms with van der Waals surface area (Å²) in [6.45, 7) is 2.10. The van der Waals surface area contributed by atoms with Gasteiger partial charge in [-0.15, -0.1) is 0 Å². The van der Waals surface area contributed by atoms with Gasteiger partial charge in [-0.1, -0.05) is 0 Å². The van der Waals surface area contributed by atoms with Crippen molar-refractivity contribution in [1.29, 1.82) is 0 Å². The second-order valence-corrected chi connectivity index (χ2v) is 3.93. The molecule has 3 aromatic rings. The minimum atomic E-state index is 0.929. The number of aryl methyl sites for hydroxylation is 2. The van der Waals surface area contributed by atoms with Crippen LogP contribution < -0.4 is 0 Å². The molecule has 4 heteroatoms. The maximum Gasteiger partial charge on any atom is 0.137 e. The third-order valence-electron chi connectivity index (χ3n) is 2.82. The van der Waals surface area contributed by atoms with E-state index in [-0.39, 0.29) is 0 Å². The third-order valence-corrected chi connectivity index (χ3v) is 2.82. The maximum atomic E-state index is 4.31. The van der Waals surface area contributed by atoms with E-state index < -0.39 is 0 Å². The van der Waals surface area contributed by atoms with Crippen molar-refractivity contribution in [2.45, 2.75) is 6.92 Å². The summed E-state index contributed by atoms with van der Waals surface area (Å²) in [7, 11) is 1.92. The van der Waals surface area contributed by atoms with Crippen LogP contribution in [0.1, 0.15) is 5.56 Å². The minimum Gasteiger partial charge on any atom is -0.339 e. The SMILES string of the molecule is Cc1c(-c2cnn(C)c2)[nH]c2ncccc12. The Balaban J connectivity index is 2.28. The van der Waals surface area contributed by atoms with Gasteiger partial charge in [0.05, 0.1) is 11.9 Å². The monoisotopic (exact) mass is 212 g/mol. The molecule has 0 aliphatic carbocycles. The fraction of sp³-hybridized carbons (Fsp3) is 0.167. The number of pyridine rings is 1. The summed E-state index contributed by atoms with van der Waals surface area (Å²) >= 11 is 0. The van der Waals surface area contributed by atoms with Gasteiger partial charge in [0, 0.05) is 30.4 Å². The first-order valence-electron chi connectivity index (χ1n) is 5.18. The van der Waals surface area contributed by atoms with Crippen LogP contribution in [0.15, 0.2) is 30.7 Å². The molecule has 0 spiro atoms. The molecule has 0 fully saturated rings. The Morgan fingerprint density at radius 1 is 1.38 bits per heavy atom. The van der Waals surface area contributed by atoms with E-state index in [0.29, 0.717) is 0 Å². The molecule has 4 nitrogen and oxygen atoms in total. The summed E-state index contributed by atoms with van der Waals surface area (Å²) in [6.07, 6.45) is 5.65. The van der Waals surface area contributed by atoms with Crippen molar-refractivity contribution in [1.82, 2.24) is 19.7 Å². The number of hydrogen-bond acceptors (Lipinski definition) is 2. The molecular formula is C12H12N4. The zero-order chi connectivity index (χ0) is 11.1. The lowest BCUT2D eigenvalue weighted by Crippen LogP contribution is -1.84. The molecule has 0 radical (unpaired) electrons. The van der Waals surface area contributed by atoms with E-state index in [1.165, 1.54) is 10.9 Å². The van der Waals surface area contributed by atoms with Gasteiger partial charge < -0.3 is 4.98 Å². The van der Waals surface area contributed by atoms with E-state index in [9.17, 15) is 0 Å². The summed E-state index contributed by atoms with van der Waals surface area (Å²) in [6, 6.07) is 4.03. The Bertz CT molecular complexity index is 648. The number of hydrogen-bond donors (Lipinski definition) is 1. The van der Waals surface area contributed by atoms with Gasteiger partial charge in [-0.2, -0.15) is 5.10 Å². The molecule has 80 valence electrons. The van der Waals surface area contributed by atoms with Gasteiger partial charge in [0.2, 0.25) is 0 Å². The van der Waals surface area contributed by atoms with Crippen LogP contribution >= 0.6 is 0 Å². The second kappa shape index (κ2) is 3.20. The highest BCUT2D eigenvalue weighted by Gasteiger charge is 2.10. The fourth-order valence-electron chi connectivity index (χ4n) is 1.99. The molecule has 0 amide bonds. The molecule has 16 heavy (non-hydrogen) atoms. The van der Waals surface area contributed by atoms with E-state index in [1.54, 1.807) is 10.9 Å². The van der Waals surface area contributed by atoms with Crippen molar-refractivity contribution < 1.29 is 0 Å². The molecule has 0 aliphatic rings. The van der Waals surface area contributed by atoms with Gasteiger partial charge in [0.25, 0.3) is 0 Å². The first kappa shape index (κ1) is 9.15. The van der Waals surface area contributed by atoms with Gasteiger partial charge in [0.1, 0.15) is 5.65 Å². The summed E-state index contributed by atoms with van der Waals surface area (Å²) in [4.78, 5) is 7.64. The quantitative estimate of drug-likeness (QED) is 0.672. The molecule has 0 atom stereocenters.